The van der Waals surface area contributed by atoms with E-state index in [0.717, 1.165) is 11.3 Å². The molecule has 0 saturated heterocycles. The molecule has 3 rings (SSSR count). The van der Waals surface area contributed by atoms with Crippen molar-refractivity contribution in [1.82, 2.24) is 0 Å². The lowest BCUT2D eigenvalue weighted by atomic mass is 10.1. The second-order valence-electron chi connectivity index (χ2n) is 5.85. The molecule has 0 bridgehead atoms. The van der Waals surface area contributed by atoms with Crippen molar-refractivity contribution in [2.45, 2.75) is 6.54 Å². The number of para-hydroxylation sites is 1. The maximum Gasteiger partial charge on any atom is 0.178 e. The molecular formula is C21H19FN2O2S. The van der Waals surface area contributed by atoms with Crippen LogP contribution in [0.25, 0.3) is 0 Å². The summed E-state index contributed by atoms with van der Waals surface area (Å²) < 4.78 is 18.5. The van der Waals surface area contributed by atoms with Crippen molar-refractivity contribution in [1.29, 1.82) is 0 Å². The fraction of sp³-hybridized carbons (Fsp3) is 0.0952. The van der Waals surface area contributed by atoms with Crippen molar-refractivity contribution >= 4 is 28.7 Å². The minimum absolute atomic E-state index is 0.190. The highest BCUT2D eigenvalue weighted by Gasteiger charge is 2.16. The van der Waals surface area contributed by atoms with E-state index in [2.05, 4.69) is 5.32 Å². The molecule has 4 nitrogen and oxygen atoms in total. The predicted octanol–water partition coefficient (Wildman–Crippen LogP) is 4.94. The quantitative estimate of drug-likeness (QED) is 0.612. The number of halogens is 1. The molecule has 0 heterocycles. The third-order valence-electron chi connectivity index (χ3n) is 4.03. The molecular weight excluding hydrogens is 363 g/mol. The summed E-state index contributed by atoms with van der Waals surface area (Å²) in [5.41, 5.74) is 2.20. The summed E-state index contributed by atoms with van der Waals surface area (Å²) >= 11 is 5.59. The van der Waals surface area contributed by atoms with Crippen molar-refractivity contribution in [3.63, 3.8) is 0 Å². The molecule has 0 aliphatic heterocycles. The van der Waals surface area contributed by atoms with Crippen LogP contribution >= 0.6 is 12.2 Å². The molecule has 0 unspecified atom stereocenters. The molecule has 0 aromatic heterocycles. The van der Waals surface area contributed by atoms with Crippen molar-refractivity contribution in [3.05, 3.63) is 84.2 Å². The summed E-state index contributed by atoms with van der Waals surface area (Å²) in [4.78, 5) is 1.84. The van der Waals surface area contributed by atoms with Gasteiger partial charge in [-0.15, -0.1) is 0 Å². The Morgan fingerprint density at radius 2 is 1.81 bits per heavy atom. The van der Waals surface area contributed by atoms with Crippen molar-refractivity contribution < 1.29 is 14.2 Å². The van der Waals surface area contributed by atoms with Crippen LogP contribution in [0.15, 0.2) is 72.8 Å². The van der Waals surface area contributed by atoms with Crippen molar-refractivity contribution in [2.75, 3.05) is 17.3 Å². The van der Waals surface area contributed by atoms with Crippen LogP contribution < -0.4 is 15.0 Å². The fourth-order valence-corrected chi connectivity index (χ4v) is 2.89. The lowest BCUT2D eigenvalue weighted by Gasteiger charge is -2.27. The minimum atomic E-state index is -0.315. The van der Waals surface area contributed by atoms with Gasteiger partial charge in [0.2, 0.25) is 0 Å². The molecule has 0 saturated carbocycles. The Balaban J connectivity index is 1.91. The summed E-state index contributed by atoms with van der Waals surface area (Å²) in [5, 5.41) is 13.7. The number of ether oxygens (including phenoxy) is 1. The molecule has 2 N–H and O–H groups in total. The summed E-state index contributed by atoms with van der Waals surface area (Å²) in [6.45, 7) is 0.354. The highest BCUT2D eigenvalue weighted by Crippen LogP contribution is 2.26. The number of nitrogens with one attached hydrogen (secondary N) is 1. The topological polar surface area (TPSA) is 44.7 Å². The molecule has 6 heteroatoms. The first-order valence-corrected chi connectivity index (χ1v) is 8.72. The average Bonchev–Trinajstić information content (AvgIpc) is 2.69. The van der Waals surface area contributed by atoms with Crippen LogP contribution in [0, 0.1) is 5.82 Å². The van der Waals surface area contributed by atoms with Gasteiger partial charge >= 0.3 is 0 Å². The van der Waals surface area contributed by atoms with Gasteiger partial charge in [-0.05, 0) is 54.7 Å². The SMILES string of the molecule is COc1cccc(N(Cc2ccccc2O)C(=S)Nc2ccc(F)cc2)c1. The number of hydrogen-bond acceptors (Lipinski definition) is 3. The van der Waals surface area contributed by atoms with Gasteiger partial charge in [-0.2, -0.15) is 0 Å². The standard InChI is InChI=1S/C21H19FN2O2S/c1-26-19-7-4-6-18(13-19)24(14-15-5-2-3-8-20(15)25)21(27)23-17-11-9-16(22)10-12-17/h2-13,25H,14H2,1H3,(H,23,27). The van der Waals surface area contributed by atoms with E-state index in [1.54, 1.807) is 31.4 Å². The van der Waals surface area contributed by atoms with Gasteiger partial charge < -0.3 is 20.1 Å². The molecule has 0 aliphatic rings. The number of phenolic OH excluding ortho intramolecular Hbond substituents is 1. The van der Waals surface area contributed by atoms with Gasteiger partial charge in [-0.25, -0.2) is 4.39 Å². The van der Waals surface area contributed by atoms with Crippen molar-refractivity contribution in [3.8, 4) is 11.5 Å². The van der Waals surface area contributed by atoms with Crippen LogP contribution in [0.3, 0.4) is 0 Å². The van der Waals surface area contributed by atoms with Gasteiger partial charge in [0.1, 0.15) is 17.3 Å². The Morgan fingerprint density at radius 1 is 1.07 bits per heavy atom. The number of hydrogen-bond donors (Lipinski definition) is 2. The van der Waals surface area contributed by atoms with Crippen LogP contribution in [-0.4, -0.2) is 17.3 Å². The summed E-state index contributed by atoms with van der Waals surface area (Å²) in [5.74, 6) is 0.569. The highest BCUT2D eigenvalue weighted by molar-refractivity contribution is 7.80. The Bertz CT molecular complexity index is 931. The molecule has 27 heavy (non-hydrogen) atoms. The normalized spacial score (nSPS) is 10.3. The number of thiocarbonyl (C=S) groups is 1. The largest absolute Gasteiger partial charge is 0.508 e. The van der Waals surface area contributed by atoms with E-state index >= 15 is 0 Å². The van der Waals surface area contributed by atoms with E-state index in [1.807, 2.05) is 41.3 Å². The molecule has 0 spiro atoms. The zero-order valence-corrected chi connectivity index (χ0v) is 15.5. The number of benzene rings is 3. The van der Waals surface area contributed by atoms with Crippen LogP contribution in [0.1, 0.15) is 5.56 Å². The number of phenols is 1. The van der Waals surface area contributed by atoms with E-state index < -0.39 is 0 Å². The second kappa shape index (κ2) is 8.51. The second-order valence-corrected chi connectivity index (χ2v) is 6.24. The monoisotopic (exact) mass is 382 g/mol. The maximum atomic E-state index is 13.2. The van der Waals surface area contributed by atoms with Crippen LogP contribution in [-0.2, 0) is 6.54 Å². The molecule has 3 aromatic carbocycles. The zero-order valence-electron chi connectivity index (χ0n) is 14.7. The van der Waals surface area contributed by atoms with Gasteiger partial charge in [0.05, 0.1) is 13.7 Å². The smallest absolute Gasteiger partial charge is 0.178 e. The molecule has 0 atom stereocenters. The predicted molar refractivity (Wildman–Crippen MR) is 110 cm³/mol. The summed E-state index contributed by atoms with van der Waals surface area (Å²) in [6, 6.07) is 20.5. The van der Waals surface area contributed by atoms with Crippen LogP contribution in [0.2, 0.25) is 0 Å². The van der Waals surface area contributed by atoms with Gasteiger partial charge in [-0.3, -0.25) is 0 Å². The van der Waals surface area contributed by atoms with E-state index in [4.69, 9.17) is 17.0 Å². The lowest BCUT2D eigenvalue weighted by molar-refractivity contribution is 0.415. The van der Waals surface area contributed by atoms with Crippen LogP contribution in [0.5, 0.6) is 11.5 Å². The third kappa shape index (κ3) is 4.74. The van der Waals surface area contributed by atoms with E-state index in [1.165, 1.54) is 12.1 Å². The average molecular weight is 382 g/mol. The number of rotatable bonds is 5. The molecule has 0 fully saturated rings. The first-order chi connectivity index (χ1) is 13.1. The fourth-order valence-electron chi connectivity index (χ4n) is 2.60. The maximum absolute atomic E-state index is 13.2. The first kappa shape index (κ1) is 18.7. The molecule has 0 amide bonds. The van der Waals surface area contributed by atoms with Gasteiger partial charge in [0, 0.05) is 23.0 Å². The Morgan fingerprint density at radius 3 is 2.52 bits per heavy atom. The highest BCUT2D eigenvalue weighted by atomic mass is 32.1. The van der Waals surface area contributed by atoms with E-state index in [-0.39, 0.29) is 11.6 Å². The van der Waals surface area contributed by atoms with Crippen LogP contribution in [0.4, 0.5) is 15.8 Å². The minimum Gasteiger partial charge on any atom is -0.508 e. The molecule has 3 aromatic rings. The third-order valence-corrected chi connectivity index (χ3v) is 4.35. The van der Waals surface area contributed by atoms with Gasteiger partial charge in [0.25, 0.3) is 0 Å². The number of nitrogens with zero attached hydrogens (tertiary/aromatic N) is 1. The number of methoxy groups -OCH3 is 1. The van der Waals surface area contributed by atoms with Gasteiger partial charge in [-0.1, -0.05) is 24.3 Å². The van der Waals surface area contributed by atoms with E-state index in [9.17, 15) is 9.50 Å². The lowest BCUT2D eigenvalue weighted by Crippen LogP contribution is -2.34. The first-order valence-electron chi connectivity index (χ1n) is 8.32. The summed E-state index contributed by atoms with van der Waals surface area (Å²) in [6.07, 6.45) is 0. The summed E-state index contributed by atoms with van der Waals surface area (Å²) in [7, 11) is 1.60. The van der Waals surface area contributed by atoms with Gasteiger partial charge in [0.15, 0.2) is 5.11 Å². The number of aromatic hydroxyl groups is 1. The number of anilines is 2. The zero-order chi connectivity index (χ0) is 19.2. The Kier molecular flexibility index (Phi) is 5.88. The van der Waals surface area contributed by atoms with E-state index in [0.29, 0.717) is 23.1 Å². The Hall–Kier alpha value is -3.12. The molecule has 0 radical (unpaired) electrons. The molecule has 138 valence electrons. The van der Waals surface area contributed by atoms with Crippen molar-refractivity contribution in [2.24, 2.45) is 0 Å². The Labute approximate surface area is 162 Å². The molecule has 0 aliphatic carbocycles.